The van der Waals surface area contributed by atoms with Crippen molar-refractivity contribution in [3.8, 4) is 0 Å². The largest absolute Gasteiger partial charge is 0.432 e. The van der Waals surface area contributed by atoms with E-state index in [9.17, 15) is 24.3 Å². The average molecular weight is 626 g/mol. The van der Waals surface area contributed by atoms with Crippen LogP contribution in [0.5, 0.6) is 0 Å². The summed E-state index contributed by atoms with van der Waals surface area (Å²) in [4.78, 5) is 57.1. The molecule has 0 bridgehead atoms. The number of benzene rings is 2. The molecule has 0 unspecified atom stereocenters. The van der Waals surface area contributed by atoms with Crippen molar-refractivity contribution in [3.05, 3.63) is 58.6 Å². The monoisotopic (exact) mass is 625 g/mol. The smallest absolute Gasteiger partial charge is 0.264 e. The number of rotatable bonds is 7. The number of aliphatic hydroxyl groups is 1. The van der Waals surface area contributed by atoms with Crippen LogP contribution in [0.2, 0.25) is 23.7 Å². The molecule has 2 aromatic rings. The van der Waals surface area contributed by atoms with E-state index in [-0.39, 0.29) is 42.3 Å². The Balaban J connectivity index is 1.32. The summed E-state index contributed by atoms with van der Waals surface area (Å²) in [5.41, 5.74) is 1.32. The Hall–Kier alpha value is -2.76. The van der Waals surface area contributed by atoms with Crippen LogP contribution in [-0.4, -0.2) is 72.7 Å². The quantitative estimate of drug-likeness (QED) is 0.447. The van der Waals surface area contributed by atoms with Crippen molar-refractivity contribution in [3.63, 3.8) is 0 Å². The van der Waals surface area contributed by atoms with Crippen LogP contribution in [0.15, 0.2) is 42.5 Å². The fourth-order valence-electron chi connectivity index (χ4n) is 7.93. The first-order valence-electron chi connectivity index (χ1n) is 15.3. The van der Waals surface area contributed by atoms with E-state index < -0.39 is 25.9 Å². The van der Waals surface area contributed by atoms with Gasteiger partial charge >= 0.3 is 0 Å². The predicted octanol–water partition coefficient (Wildman–Crippen LogP) is 4.18. The minimum atomic E-state index is -2.94. The van der Waals surface area contributed by atoms with E-state index >= 15 is 0 Å². The van der Waals surface area contributed by atoms with Crippen LogP contribution in [-0.2, 0) is 31.3 Å². The number of fused-ring (bicyclic) bond motifs is 2. The van der Waals surface area contributed by atoms with Crippen LogP contribution >= 0.6 is 11.6 Å². The van der Waals surface area contributed by atoms with Gasteiger partial charge in [-0.1, -0.05) is 30.7 Å². The molecule has 2 aromatic carbocycles. The van der Waals surface area contributed by atoms with Gasteiger partial charge in [0.2, 0.25) is 11.8 Å². The van der Waals surface area contributed by atoms with Gasteiger partial charge in [0.15, 0.2) is 13.9 Å². The molecular weight excluding hydrogens is 586 g/mol. The van der Waals surface area contributed by atoms with Gasteiger partial charge in [0.25, 0.3) is 5.91 Å². The predicted molar refractivity (Wildman–Crippen MR) is 166 cm³/mol. The second kappa shape index (κ2) is 11.3. The van der Waals surface area contributed by atoms with E-state index in [1.165, 1.54) is 0 Å². The van der Waals surface area contributed by atoms with E-state index in [0.717, 1.165) is 30.5 Å². The first-order valence-corrected chi connectivity index (χ1v) is 18.7. The lowest BCUT2D eigenvalue weighted by atomic mass is 9.82. The number of ether oxygens (including phenoxy) is 1. The van der Waals surface area contributed by atoms with Crippen LogP contribution in [0.4, 0.5) is 11.4 Å². The van der Waals surface area contributed by atoms with Crippen LogP contribution in [0.1, 0.15) is 50.2 Å². The Morgan fingerprint density at radius 3 is 2.51 bits per heavy atom. The highest BCUT2D eigenvalue weighted by Crippen LogP contribution is 2.60. The van der Waals surface area contributed by atoms with Crippen molar-refractivity contribution < 1.29 is 29.0 Å². The summed E-state index contributed by atoms with van der Waals surface area (Å²) >= 11 is 6.50. The molecule has 9 nitrogen and oxygen atoms in total. The van der Waals surface area contributed by atoms with E-state index in [1.807, 2.05) is 50.3 Å². The number of carbonyl (C=O) groups is 3. The van der Waals surface area contributed by atoms with Crippen LogP contribution in [0.25, 0.3) is 0 Å². The first-order chi connectivity index (χ1) is 20.5. The van der Waals surface area contributed by atoms with Crippen LogP contribution in [0, 0.1) is 5.92 Å². The lowest BCUT2D eigenvalue weighted by Gasteiger charge is -2.32. The van der Waals surface area contributed by atoms with Gasteiger partial charge in [0.1, 0.15) is 0 Å². The second-order valence-corrected chi connectivity index (χ2v) is 17.4. The van der Waals surface area contributed by atoms with Gasteiger partial charge in [-0.15, -0.1) is 0 Å². The van der Waals surface area contributed by atoms with Crippen molar-refractivity contribution in [1.82, 2.24) is 4.90 Å². The van der Waals surface area contributed by atoms with Gasteiger partial charge in [-0.05, 0) is 68.3 Å². The molecule has 0 aromatic heterocycles. The molecule has 6 rings (SSSR count). The molecule has 3 fully saturated rings. The molecule has 5 atom stereocenters. The lowest BCUT2D eigenvalue weighted by Crippen LogP contribution is -2.46. The van der Waals surface area contributed by atoms with E-state index in [1.54, 1.807) is 26.8 Å². The summed E-state index contributed by atoms with van der Waals surface area (Å²) in [6, 6.07) is 12.9. The van der Waals surface area contributed by atoms with Gasteiger partial charge in [0.05, 0.1) is 37.4 Å². The Kier molecular flexibility index (Phi) is 7.96. The zero-order valence-electron chi connectivity index (χ0n) is 25.0. The molecule has 0 aliphatic carbocycles. The second-order valence-electron chi connectivity index (χ2n) is 13.0. The van der Waals surface area contributed by atoms with E-state index in [4.69, 9.17) is 16.3 Å². The van der Waals surface area contributed by atoms with Gasteiger partial charge in [0, 0.05) is 47.2 Å². The highest BCUT2D eigenvalue weighted by molar-refractivity contribution is 6.71. The number of hydrogen-bond acceptors (Lipinski definition) is 6. The van der Waals surface area contributed by atoms with Gasteiger partial charge in [-0.2, -0.15) is 0 Å². The molecule has 0 saturated carbocycles. The van der Waals surface area contributed by atoms with Crippen molar-refractivity contribution in [2.75, 3.05) is 29.5 Å². The zero-order chi connectivity index (χ0) is 30.7. The number of likely N-dealkylation sites (tertiary alicyclic amines) is 1. The van der Waals surface area contributed by atoms with Crippen molar-refractivity contribution in [1.29, 1.82) is 0 Å². The third-order valence-corrected chi connectivity index (χ3v) is 12.6. The SMILES string of the molecule is C[C@@H]1[C@@H]([Si](C)(C)O)[C@H](CC(=O)N2CCC[C@H]2CO)O[C@@]12C(=O)N(Cc1ccc(N3CCCC3=O)cc1)c1ccc(Cl)cc12. The molecule has 4 aliphatic heterocycles. The summed E-state index contributed by atoms with van der Waals surface area (Å²) in [6.07, 6.45) is 2.37. The van der Waals surface area contributed by atoms with Crippen LogP contribution < -0.4 is 9.80 Å². The standard InChI is InChI=1S/C32H40ClN3O6Si/c1-20-30(43(2,3)41)27(17-29(39)35-14-4-6-24(35)19-37)42-32(20)25-16-22(33)10-13-26(25)36(31(32)40)18-21-8-11-23(12-9-21)34-15-5-7-28(34)38/h8-13,16,20,24,27,30,37,41H,4-7,14-15,17-19H2,1-3H3/t20-,24+,27+,30-,32+/m1/s1. The maximum absolute atomic E-state index is 14.6. The fraction of sp³-hybridized carbons (Fsp3) is 0.531. The molecule has 4 aliphatic rings. The van der Waals surface area contributed by atoms with Crippen molar-refractivity contribution in [2.24, 2.45) is 5.92 Å². The molecule has 0 radical (unpaired) electrons. The summed E-state index contributed by atoms with van der Waals surface area (Å²) in [5.74, 6) is -0.650. The van der Waals surface area contributed by atoms with E-state index in [0.29, 0.717) is 42.3 Å². The Morgan fingerprint density at radius 2 is 1.86 bits per heavy atom. The molecule has 2 N–H and O–H groups in total. The zero-order valence-corrected chi connectivity index (χ0v) is 26.7. The first kappa shape index (κ1) is 30.3. The Bertz CT molecular complexity index is 1430. The number of halogens is 1. The molecule has 3 saturated heterocycles. The minimum absolute atomic E-state index is 0.0319. The molecule has 1 spiro atoms. The van der Waals surface area contributed by atoms with Crippen LogP contribution in [0.3, 0.4) is 0 Å². The third-order valence-electron chi connectivity index (χ3n) is 9.89. The number of carbonyl (C=O) groups excluding carboxylic acids is 3. The summed E-state index contributed by atoms with van der Waals surface area (Å²) in [5, 5.41) is 10.3. The topological polar surface area (TPSA) is 111 Å². The number of nitrogens with zero attached hydrogens (tertiary/aromatic N) is 3. The fourth-order valence-corrected chi connectivity index (χ4v) is 10.7. The highest BCUT2D eigenvalue weighted by atomic mass is 35.5. The van der Waals surface area contributed by atoms with Gasteiger partial charge in [-0.25, -0.2) is 0 Å². The lowest BCUT2D eigenvalue weighted by molar-refractivity contribution is -0.150. The minimum Gasteiger partial charge on any atom is -0.432 e. The average Bonchev–Trinajstić information content (AvgIpc) is 3.72. The highest BCUT2D eigenvalue weighted by Gasteiger charge is 2.66. The van der Waals surface area contributed by atoms with Crippen molar-refractivity contribution in [2.45, 2.75) is 82.0 Å². The maximum Gasteiger partial charge on any atom is 0.264 e. The Morgan fingerprint density at radius 1 is 1.12 bits per heavy atom. The van der Waals surface area contributed by atoms with Gasteiger partial charge < -0.3 is 29.3 Å². The third kappa shape index (κ3) is 5.10. The molecule has 43 heavy (non-hydrogen) atoms. The van der Waals surface area contributed by atoms with E-state index in [2.05, 4.69) is 0 Å². The molecule has 230 valence electrons. The number of anilines is 2. The molecule has 4 heterocycles. The summed E-state index contributed by atoms with van der Waals surface area (Å²) in [7, 11) is -2.94. The summed E-state index contributed by atoms with van der Waals surface area (Å²) < 4.78 is 6.79. The molecule has 3 amide bonds. The number of amides is 3. The summed E-state index contributed by atoms with van der Waals surface area (Å²) in [6.45, 7) is 7.11. The Labute approximate surface area is 258 Å². The maximum atomic E-state index is 14.6. The van der Waals surface area contributed by atoms with Gasteiger partial charge in [-0.3, -0.25) is 14.4 Å². The normalized spacial score (nSPS) is 28.9. The molecule has 11 heteroatoms. The molecular formula is C32H40ClN3O6Si. The number of hydrogen-bond donors (Lipinski definition) is 2. The van der Waals surface area contributed by atoms with Crippen molar-refractivity contribution >= 4 is 49.0 Å². The number of aliphatic hydroxyl groups excluding tert-OH is 1.